The van der Waals surface area contributed by atoms with Gasteiger partial charge in [0, 0.05) is 72.4 Å². The van der Waals surface area contributed by atoms with Gasteiger partial charge in [0.2, 0.25) is 11.5 Å². The summed E-state index contributed by atoms with van der Waals surface area (Å²) in [5, 5.41) is 16.1. The maximum Gasteiger partial charge on any atom is 0.203 e. The average Bonchev–Trinajstić information content (AvgIpc) is 0.819. The molecule has 1 atom stereocenters. The molecule has 137 heavy (non-hydrogen) atoms. The zero-order valence-electron chi connectivity index (χ0n) is 81.9. The van der Waals surface area contributed by atoms with E-state index in [0.717, 1.165) is 185 Å². The van der Waals surface area contributed by atoms with Crippen LogP contribution in [0.25, 0.3) is 22.3 Å². The summed E-state index contributed by atoms with van der Waals surface area (Å²) in [6.07, 6.45) is 26.4. The second kappa shape index (κ2) is 74.2. The first-order valence-electron chi connectivity index (χ1n) is 48.7. The van der Waals surface area contributed by atoms with Crippen molar-refractivity contribution in [2.24, 2.45) is 0 Å². The van der Waals surface area contributed by atoms with E-state index in [4.69, 9.17) is 109 Å². The van der Waals surface area contributed by atoms with E-state index in [2.05, 4.69) is 110 Å². The first kappa shape index (κ1) is 114. The standard InChI is InChI=1S/C58H81NO12.C53H73NO11.ClH/c1-5-7-12-28-62-33-35-64-37-39-66-53-27-20-48(41-54(53)67-40-38-65-36-34-63-29-13-8-6-2)46-71-52-25-23-51(24-26-52)50-21-18-47(19-22-50)44-59-45-49-42-55(60-3)58(56(43-49)61-4)70-32-15-10-9-14-30-68-57-17-11-16-31-69-57;1-5-7-12-26-58-29-31-60-33-35-62-49-24-17-44(37-50(49)63-36-34-61-32-30-59-27-13-8-6-2)42-65-48-22-20-47(21-23-48)46-18-15-43(16-19-46)40-54-41-45-38-51(56-3)53(52(39-45)57-4)64-28-14-10-9-11-25-55;/h5-6,18-27,41-43,57,59H,1-2,7-17,28-40,44-46H2,3-4H3;5-6,15-24,37-39,54-55H,1-2,7-14,25-36,40-42H2,3-4H3;1H/p-1. The molecule has 1 saturated heterocycles. The number of halogens is 1. The van der Waals surface area contributed by atoms with Crippen molar-refractivity contribution in [2.75, 3.05) is 194 Å². The lowest BCUT2D eigenvalue weighted by Gasteiger charge is -2.22. The van der Waals surface area contributed by atoms with Crippen molar-refractivity contribution in [1.82, 2.24) is 10.6 Å². The molecule has 0 radical (unpaired) electrons. The van der Waals surface area contributed by atoms with Crippen LogP contribution in [-0.2, 0) is 86.8 Å². The minimum atomic E-state index is -0.0171. The predicted molar refractivity (Wildman–Crippen MR) is 536 cm³/mol. The van der Waals surface area contributed by atoms with Gasteiger partial charge in [-0.05, 0) is 238 Å². The molecule has 1 aliphatic heterocycles. The van der Waals surface area contributed by atoms with E-state index in [1.807, 2.05) is 109 Å². The molecule has 1 aliphatic rings. The molecule has 25 nitrogen and oxygen atoms in total. The van der Waals surface area contributed by atoms with Gasteiger partial charge in [-0.25, -0.2) is 0 Å². The van der Waals surface area contributed by atoms with Gasteiger partial charge in [-0.1, -0.05) is 122 Å². The van der Waals surface area contributed by atoms with Crippen molar-refractivity contribution in [3.05, 3.63) is 242 Å². The van der Waals surface area contributed by atoms with Crippen LogP contribution in [0.15, 0.2) is 208 Å². The lowest BCUT2D eigenvalue weighted by Crippen LogP contribution is -3.00. The van der Waals surface area contributed by atoms with Gasteiger partial charge in [0.15, 0.2) is 52.3 Å². The summed E-state index contributed by atoms with van der Waals surface area (Å²) in [7, 11) is 6.61. The number of nitrogens with one attached hydrogen (secondary N) is 2. The van der Waals surface area contributed by atoms with Gasteiger partial charge >= 0.3 is 0 Å². The van der Waals surface area contributed by atoms with Gasteiger partial charge in [0.25, 0.3) is 0 Å². The highest BCUT2D eigenvalue weighted by molar-refractivity contribution is 5.66. The van der Waals surface area contributed by atoms with Crippen LogP contribution in [0.4, 0.5) is 0 Å². The maximum atomic E-state index is 9.00. The van der Waals surface area contributed by atoms with Crippen LogP contribution >= 0.6 is 0 Å². The molecule has 0 saturated carbocycles. The van der Waals surface area contributed by atoms with E-state index in [-0.39, 0.29) is 25.3 Å². The van der Waals surface area contributed by atoms with E-state index in [0.29, 0.717) is 242 Å². The zero-order chi connectivity index (χ0) is 95.8. The summed E-state index contributed by atoms with van der Waals surface area (Å²) < 4.78 is 129. The van der Waals surface area contributed by atoms with Gasteiger partial charge in [-0.15, -0.1) is 26.3 Å². The summed E-state index contributed by atoms with van der Waals surface area (Å²) in [6, 6.07) is 53.1. The number of aliphatic hydroxyl groups is 1. The van der Waals surface area contributed by atoms with E-state index in [9.17, 15) is 0 Å². The van der Waals surface area contributed by atoms with E-state index in [1.54, 1.807) is 28.4 Å². The zero-order valence-corrected chi connectivity index (χ0v) is 82.6. The number of allylic oxidation sites excluding steroid dienone is 4. The number of ether oxygens (including phenoxy) is 22. The molecule has 26 heteroatoms. The lowest BCUT2D eigenvalue weighted by atomic mass is 10.0. The first-order valence-corrected chi connectivity index (χ1v) is 48.7. The van der Waals surface area contributed by atoms with Crippen LogP contribution in [-0.4, -0.2) is 205 Å². The molecular weight excluding hydrogens is 1760 g/mol. The number of unbranched alkanes of at least 4 members (excludes halogenated alkanes) is 10. The maximum absolute atomic E-state index is 9.00. The largest absolute Gasteiger partial charge is 1.00 e. The Labute approximate surface area is 822 Å². The van der Waals surface area contributed by atoms with E-state index < -0.39 is 0 Å². The van der Waals surface area contributed by atoms with Gasteiger partial charge in [-0.3, -0.25) is 0 Å². The number of methoxy groups -OCH3 is 4. The fourth-order valence-electron chi connectivity index (χ4n) is 14.2. The molecule has 0 aliphatic carbocycles. The molecule has 0 spiro atoms. The third-order valence-electron chi connectivity index (χ3n) is 21.7. The van der Waals surface area contributed by atoms with Crippen LogP contribution in [0.5, 0.6) is 69.0 Å². The Morgan fingerprint density at radius 1 is 0.292 bits per heavy atom. The third kappa shape index (κ3) is 48.0. The number of aliphatic hydroxyl groups excluding tert-OH is 1. The third-order valence-corrected chi connectivity index (χ3v) is 21.7. The Bertz CT molecular complexity index is 4410. The van der Waals surface area contributed by atoms with Gasteiger partial charge in [0.05, 0.1) is 121 Å². The van der Waals surface area contributed by atoms with Crippen molar-refractivity contribution in [3.63, 3.8) is 0 Å². The number of hydrogen-bond acceptors (Lipinski definition) is 25. The molecule has 8 aromatic rings. The Morgan fingerprint density at radius 2 is 0.591 bits per heavy atom. The Hall–Kier alpha value is -9.91. The molecule has 754 valence electrons. The quantitative estimate of drug-likeness (QED) is 0.0237. The van der Waals surface area contributed by atoms with E-state index >= 15 is 0 Å². The molecule has 1 unspecified atom stereocenters. The molecule has 9 rings (SSSR count). The number of hydrogen-bond donors (Lipinski definition) is 3. The van der Waals surface area contributed by atoms with Crippen LogP contribution in [0.1, 0.15) is 155 Å². The second-order valence-electron chi connectivity index (χ2n) is 32.4. The summed E-state index contributed by atoms with van der Waals surface area (Å²) in [5.74, 6) is 7.91. The predicted octanol–water partition coefficient (Wildman–Crippen LogP) is 18.4. The minimum absolute atomic E-state index is 0. The van der Waals surface area contributed by atoms with Crippen molar-refractivity contribution < 1.29 is 122 Å². The molecule has 0 aromatic heterocycles. The second-order valence-corrected chi connectivity index (χ2v) is 32.4. The van der Waals surface area contributed by atoms with Gasteiger partial charge in [0.1, 0.15) is 51.1 Å². The number of benzene rings is 8. The molecule has 1 fully saturated rings. The molecule has 0 bridgehead atoms. The fraction of sp³-hybridized carbons (Fsp3) is 0.495. The Balaban J connectivity index is 0.000000372. The van der Waals surface area contributed by atoms with Gasteiger partial charge < -0.3 is 132 Å². The summed E-state index contributed by atoms with van der Waals surface area (Å²) in [4.78, 5) is 0. The van der Waals surface area contributed by atoms with E-state index in [1.165, 1.54) is 17.5 Å². The average molecular weight is 1920 g/mol. The van der Waals surface area contributed by atoms with Gasteiger partial charge in [-0.2, -0.15) is 0 Å². The summed E-state index contributed by atoms with van der Waals surface area (Å²) in [5.41, 5.74) is 10.8. The lowest BCUT2D eigenvalue weighted by molar-refractivity contribution is -0.162. The normalized spacial score (nSPS) is 12.2. The van der Waals surface area contributed by atoms with Crippen LogP contribution in [0.3, 0.4) is 0 Å². The first-order chi connectivity index (χ1) is 67.2. The van der Waals surface area contributed by atoms with Crippen LogP contribution < -0.4 is 79.9 Å². The molecule has 8 aromatic carbocycles. The summed E-state index contributed by atoms with van der Waals surface area (Å²) >= 11 is 0. The molecular formula is C111H154ClN2O23-. The minimum Gasteiger partial charge on any atom is -1.00 e. The van der Waals surface area contributed by atoms with Crippen LogP contribution in [0.2, 0.25) is 0 Å². The fourth-order valence-corrected chi connectivity index (χ4v) is 14.2. The Morgan fingerprint density at radius 3 is 0.920 bits per heavy atom. The molecule has 3 N–H and O–H groups in total. The topological polar surface area (TPSA) is 247 Å². The highest BCUT2D eigenvalue weighted by atomic mass is 35.5. The summed E-state index contributed by atoms with van der Waals surface area (Å²) in [6.45, 7) is 31.5. The monoisotopic (exact) mass is 1920 g/mol. The highest BCUT2D eigenvalue weighted by Gasteiger charge is 2.20. The van der Waals surface area contributed by atoms with Crippen molar-refractivity contribution >= 4 is 0 Å². The number of rotatable bonds is 80. The smallest absolute Gasteiger partial charge is 0.203 e. The SMILES string of the molecule is C=CCCCOCCOCCOc1ccc(COc2ccc(-c3ccc(CNCc4cc(OC)c(OCCCCCCO)c(OC)c4)cc3)cc2)cc1OCCOCCOCCCC=C.C=CCCCOCCOCCOc1ccc(COc2ccc(-c3ccc(CNCc4cc(OC)c(OCCCCCCOC5CCCCO5)c(OC)c4)cc3)cc2)cc1OCCOCCOCCCC=C.[Cl-]. The molecule has 1 heterocycles. The van der Waals surface area contributed by atoms with Crippen molar-refractivity contribution in [2.45, 2.75) is 168 Å². The highest BCUT2D eigenvalue weighted by Crippen LogP contribution is 2.41. The van der Waals surface area contributed by atoms with Crippen molar-refractivity contribution in [3.8, 4) is 91.2 Å². The molecule has 0 amide bonds. The Kier molecular flexibility index (Phi) is 61.8. The van der Waals surface area contributed by atoms with Crippen LogP contribution in [0, 0.1) is 0 Å². The van der Waals surface area contributed by atoms with Crippen molar-refractivity contribution in [1.29, 1.82) is 0 Å².